The minimum Gasteiger partial charge on any atom is -0.444 e. The van der Waals surface area contributed by atoms with E-state index in [4.69, 9.17) is 9.16 Å². The van der Waals surface area contributed by atoms with Gasteiger partial charge in [0.2, 0.25) is 0 Å². The van der Waals surface area contributed by atoms with Crippen LogP contribution >= 0.6 is 0 Å². The molecule has 0 radical (unpaired) electrons. The van der Waals surface area contributed by atoms with Gasteiger partial charge >= 0.3 is 6.09 Å². The maximum atomic E-state index is 13.8. The van der Waals surface area contributed by atoms with Gasteiger partial charge in [-0.3, -0.25) is 4.79 Å². The largest absolute Gasteiger partial charge is 0.444 e. The molecule has 6 nitrogen and oxygen atoms in total. The summed E-state index contributed by atoms with van der Waals surface area (Å²) in [5.74, 6) is -0.689. The van der Waals surface area contributed by atoms with E-state index in [1.165, 1.54) is 13.8 Å². The predicted molar refractivity (Wildman–Crippen MR) is 112 cm³/mol. The topological polar surface area (TPSA) is 67.9 Å². The summed E-state index contributed by atoms with van der Waals surface area (Å²) < 4.78 is 25.8. The lowest BCUT2D eigenvalue weighted by molar-refractivity contribution is -0.131. The number of hydrogen-bond donors (Lipinski definition) is 1. The molecule has 0 aromatic carbocycles. The third kappa shape index (κ3) is 7.03. The van der Waals surface area contributed by atoms with Gasteiger partial charge in [0, 0.05) is 13.1 Å². The fourth-order valence-corrected chi connectivity index (χ4v) is 4.07. The molecule has 28 heavy (non-hydrogen) atoms. The standard InChI is InChI=1S/C20H39FN2O4Si/c1-18(2,3)26-17(25)23-13-15(27-28(9,10)19(4,5)6)11-14(23)12-22-16(24)20(7,8)21/h14-15H,11-13H2,1-10H3,(H,22,24)/t14-,15+/m0/s1. The number of likely N-dealkylation sites (tertiary alicyclic amines) is 1. The molecule has 1 fully saturated rings. The minimum atomic E-state index is -2.01. The average Bonchev–Trinajstić information content (AvgIpc) is 2.82. The van der Waals surface area contributed by atoms with Crippen LogP contribution in [0.15, 0.2) is 0 Å². The van der Waals surface area contributed by atoms with Crippen molar-refractivity contribution in [3.8, 4) is 0 Å². The lowest BCUT2D eigenvalue weighted by atomic mass is 10.1. The molecular weight excluding hydrogens is 379 g/mol. The van der Waals surface area contributed by atoms with Gasteiger partial charge in [0.15, 0.2) is 14.0 Å². The maximum Gasteiger partial charge on any atom is 0.410 e. The van der Waals surface area contributed by atoms with Crippen molar-refractivity contribution in [2.45, 2.75) is 103 Å². The van der Waals surface area contributed by atoms with Crippen LogP contribution in [0.25, 0.3) is 0 Å². The smallest absolute Gasteiger partial charge is 0.410 e. The van der Waals surface area contributed by atoms with Crippen molar-refractivity contribution in [2.24, 2.45) is 0 Å². The molecule has 1 N–H and O–H groups in total. The second-order valence-electron chi connectivity index (χ2n) is 10.7. The monoisotopic (exact) mass is 418 g/mol. The van der Waals surface area contributed by atoms with E-state index in [1.807, 2.05) is 20.8 Å². The summed E-state index contributed by atoms with van der Waals surface area (Å²) in [4.78, 5) is 26.2. The van der Waals surface area contributed by atoms with Crippen molar-refractivity contribution < 1.29 is 23.1 Å². The van der Waals surface area contributed by atoms with Crippen molar-refractivity contribution in [3.05, 3.63) is 0 Å². The highest BCUT2D eigenvalue weighted by atomic mass is 28.4. The van der Waals surface area contributed by atoms with Crippen molar-refractivity contribution in [1.29, 1.82) is 0 Å². The van der Waals surface area contributed by atoms with E-state index in [0.717, 1.165) is 0 Å². The summed E-state index contributed by atoms with van der Waals surface area (Å²) in [5, 5.41) is 2.67. The second-order valence-corrected chi connectivity index (χ2v) is 15.5. The van der Waals surface area contributed by atoms with E-state index in [0.29, 0.717) is 13.0 Å². The first-order valence-electron chi connectivity index (χ1n) is 9.98. The molecule has 0 aromatic heterocycles. The Morgan fingerprint density at radius 3 is 2.07 bits per heavy atom. The lowest BCUT2D eigenvalue weighted by Crippen LogP contribution is -2.48. The van der Waals surface area contributed by atoms with E-state index >= 15 is 0 Å². The highest BCUT2D eigenvalue weighted by Gasteiger charge is 2.44. The molecule has 0 aliphatic carbocycles. The van der Waals surface area contributed by atoms with Gasteiger partial charge in [-0.15, -0.1) is 0 Å². The number of ether oxygens (including phenoxy) is 1. The number of carbonyl (C=O) groups is 2. The van der Waals surface area contributed by atoms with Crippen molar-refractivity contribution in [2.75, 3.05) is 13.1 Å². The third-order valence-corrected chi connectivity index (χ3v) is 9.84. The quantitative estimate of drug-likeness (QED) is 0.678. The summed E-state index contributed by atoms with van der Waals surface area (Å²) >= 11 is 0. The number of rotatable bonds is 5. The number of amides is 2. The van der Waals surface area contributed by atoms with Gasteiger partial charge in [-0.25, -0.2) is 9.18 Å². The van der Waals surface area contributed by atoms with Crippen LogP contribution in [0.1, 0.15) is 61.8 Å². The van der Waals surface area contributed by atoms with Crippen LogP contribution in [0.5, 0.6) is 0 Å². The molecule has 0 bridgehead atoms. The van der Waals surface area contributed by atoms with Crippen LogP contribution in [-0.2, 0) is 14.0 Å². The van der Waals surface area contributed by atoms with Crippen molar-refractivity contribution in [3.63, 3.8) is 0 Å². The van der Waals surface area contributed by atoms with E-state index in [1.54, 1.807) is 4.90 Å². The first-order valence-corrected chi connectivity index (χ1v) is 12.9. The fourth-order valence-electron chi connectivity index (χ4n) is 2.71. The van der Waals surface area contributed by atoms with Gasteiger partial charge in [0.05, 0.1) is 12.1 Å². The SMILES string of the molecule is CC(C)(C)OC(=O)N1C[C@H](O[Si](C)(C)C(C)(C)C)C[C@H]1CNC(=O)C(C)(C)F. The summed E-state index contributed by atoms with van der Waals surface area (Å²) in [6, 6.07) is -0.295. The molecule has 0 spiro atoms. The number of alkyl halides is 1. The molecule has 0 saturated carbocycles. The average molecular weight is 419 g/mol. The number of halogens is 1. The molecule has 8 heteroatoms. The Morgan fingerprint density at radius 1 is 1.11 bits per heavy atom. The van der Waals surface area contributed by atoms with Crippen molar-refractivity contribution >= 4 is 20.3 Å². The Morgan fingerprint density at radius 2 is 1.64 bits per heavy atom. The zero-order chi connectivity index (χ0) is 22.1. The Hall–Kier alpha value is -1.15. The second kappa shape index (κ2) is 8.30. The molecule has 1 rings (SSSR count). The number of nitrogens with zero attached hydrogens (tertiary/aromatic N) is 1. The first kappa shape index (κ1) is 24.9. The van der Waals surface area contributed by atoms with Gasteiger partial charge in [0.1, 0.15) is 5.60 Å². The third-order valence-electron chi connectivity index (χ3n) is 5.31. The molecule has 164 valence electrons. The zero-order valence-corrected chi connectivity index (χ0v) is 20.2. The Kier molecular flexibility index (Phi) is 7.38. The number of hydrogen-bond acceptors (Lipinski definition) is 4. The van der Waals surface area contributed by atoms with E-state index in [9.17, 15) is 14.0 Å². The van der Waals surface area contributed by atoms with Gasteiger partial charge < -0.3 is 19.4 Å². The Balaban J connectivity index is 2.92. The highest BCUT2D eigenvalue weighted by Crippen LogP contribution is 2.39. The molecule has 1 aliphatic heterocycles. The predicted octanol–water partition coefficient (Wildman–Crippen LogP) is 4.25. The number of nitrogens with one attached hydrogen (secondary N) is 1. The summed E-state index contributed by atoms with van der Waals surface area (Å²) in [6.07, 6.45) is 0.0138. The molecule has 2 atom stereocenters. The molecule has 2 amide bonds. The molecule has 1 heterocycles. The van der Waals surface area contributed by atoms with E-state index in [-0.39, 0.29) is 23.7 Å². The zero-order valence-electron chi connectivity index (χ0n) is 19.2. The number of carbonyl (C=O) groups excluding carboxylic acids is 2. The summed E-state index contributed by atoms with van der Waals surface area (Å²) in [6.45, 7) is 19.3. The molecule has 1 aliphatic rings. The Labute approximate surface area is 170 Å². The first-order chi connectivity index (χ1) is 12.3. The lowest BCUT2D eigenvalue weighted by Gasteiger charge is -2.38. The van der Waals surface area contributed by atoms with Gasteiger partial charge in [-0.2, -0.15) is 0 Å². The Bertz CT molecular complexity index is 576. The fraction of sp³-hybridized carbons (Fsp3) is 0.900. The molecule has 0 aromatic rings. The summed E-state index contributed by atoms with van der Waals surface area (Å²) in [5.41, 5.74) is -2.59. The van der Waals surface area contributed by atoms with Crippen LogP contribution in [0, 0.1) is 0 Å². The summed E-state index contributed by atoms with van der Waals surface area (Å²) in [7, 11) is -2.01. The van der Waals surface area contributed by atoms with Crippen LogP contribution in [0.4, 0.5) is 9.18 Å². The van der Waals surface area contributed by atoms with Crippen LogP contribution in [0.3, 0.4) is 0 Å². The van der Waals surface area contributed by atoms with E-state index in [2.05, 4.69) is 39.2 Å². The van der Waals surface area contributed by atoms with Crippen LogP contribution in [0.2, 0.25) is 18.1 Å². The highest BCUT2D eigenvalue weighted by molar-refractivity contribution is 6.74. The molecule has 1 saturated heterocycles. The normalized spacial score (nSPS) is 21.6. The molecule has 0 unspecified atom stereocenters. The van der Waals surface area contributed by atoms with Crippen LogP contribution < -0.4 is 5.32 Å². The molecular formula is C20H39FN2O4Si. The van der Waals surface area contributed by atoms with Crippen LogP contribution in [-0.4, -0.2) is 61.7 Å². The maximum absolute atomic E-state index is 13.8. The van der Waals surface area contributed by atoms with Gasteiger partial charge in [-0.1, -0.05) is 20.8 Å². The van der Waals surface area contributed by atoms with Gasteiger partial charge in [0.25, 0.3) is 5.91 Å². The van der Waals surface area contributed by atoms with Crippen molar-refractivity contribution in [1.82, 2.24) is 10.2 Å². The van der Waals surface area contributed by atoms with Gasteiger partial charge in [-0.05, 0) is 59.2 Å². The minimum absolute atomic E-state index is 0.0499. The van der Waals surface area contributed by atoms with E-state index < -0.39 is 31.6 Å².